The topological polar surface area (TPSA) is 50.2 Å². The molecule has 1 aliphatic heterocycles. The number of piperidine rings is 1. The summed E-state index contributed by atoms with van der Waals surface area (Å²) in [5.74, 6) is 1.29. The third-order valence-electron chi connectivity index (χ3n) is 5.52. The zero-order valence-corrected chi connectivity index (χ0v) is 16.5. The van der Waals surface area contributed by atoms with E-state index in [2.05, 4.69) is 35.0 Å². The monoisotopic (exact) mass is 376 g/mol. The lowest BCUT2D eigenvalue weighted by Gasteiger charge is -2.34. The molecule has 1 unspecified atom stereocenters. The molecule has 2 heterocycles. The Kier molecular flexibility index (Phi) is 5.60. The molecular formula is C23H28N4O. The van der Waals surface area contributed by atoms with Crippen LogP contribution in [0, 0.1) is 0 Å². The van der Waals surface area contributed by atoms with Gasteiger partial charge in [-0.15, -0.1) is 0 Å². The molecule has 1 N–H and O–H groups in total. The molecule has 1 aromatic heterocycles. The maximum absolute atomic E-state index is 12.9. The molecule has 0 saturated carbocycles. The molecule has 1 saturated heterocycles. The van der Waals surface area contributed by atoms with Gasteiger partial charge in [0.1, 0.15) is 5.82 Å². The van der Waals surface area contributed by atoms with Crippen LogP contribution in [0.2, 0.25) is 0 Å². The minimum atomic E-state index is 0.236. The molecule has 28 heavy (non-hydrogen) atoms. The van der Waals surface area contributed by atoms with Crippen molar-refractivity contribution in [3.05, 3.63) is 60.4 Å². The Balaban J connectivity index is 1.39. The third-order valence-corrected chi connectivity index (χ3v) is 5.52. The van der Waals surface area contributed by atoms with E-state index < -0.39 is 0 Å². The van der Waals surface area contributed by atoms with Gasteiger partial charge in [-0.05, 0) is 37.1 Å². The second kappa shape index (κ2) is 8.46. The van der Waals surface area contributed by atoms with E-state index in [1.807, 2.05) is 41.3 Å². The number of amides is 1. The van der Waals surface area contributed by atoms with Gasteiger partial charge in [-0.2, -0.15) is 0 Å². The number of carbonyl (C=O) groups excluding carboxylic acids is 1. The highest BCUT2D eigenvalue weighted by atomic mass is 16.2. The molecule has 0 radical (unpaired) electrons. The van der Waals surface area contributed by atoms with Crippen molar-refractivity contribution in [2.45, 2.75) is 45.2 Å². The van der Waals surface area contributed by atoms with Gasteiger partial charge in [0.05, 0.1) is 11.0 Å². The van der Waals surface area contributed by atoms with E-state index in [4.69, 9.17) is 4.98 Å². The summed E-state index contributed by atoms with van der Waals surface area (Å²) in [6.07, 6.45) is 3.54. The number of para-hydroxylation sites is 3. The largest absolute Gasteiger partial charge is 0.381 e. The number of carbonyl (C=O) groups is 1. The van der Waals surface area contributed by atoms with Crippen molar-refractivity contribution < 1.29 is 4.79 Å². The number of aromatic nitrogens is 2. The molecule has 3 aromatic rings. The van der Waals surface area contributed by atoms with E-state index in [1.54, 1.807) is 0 Å². The van der Waals surface area contributed by atoms with Gasteiger partial charge in [0, 0.05) is 44.2 Å². The van der Waals surface area contributed by atoms with Crippen LogP contribution in [0.5, 0.6) is 0 Å². The van der Waals surface area contributed by atoms with Gasteiger partial charge in [0.2, 0.25) is 5.91 Å². The van der Waals surface area contributed by atoms with Crippen LogP contribution in [-0.4, -0.2) is 39.5 Å². The van der Waals surface area contributed by atoms with Crippen LogP contribution in [0.1, 0.15) is 32.0 Å². The minimum Gasteiger partial charge on any atom is -0.381 e. The summed E-state index contributed by atoms with van der Waals surface area (Å²) in [7, 11) is 0. The molecule has 0 spiro atoms. The Hall–Kier alpha value is -2.82. The van der Waals surface area contributed by atoms with Gasteiger partial charge in [-0.3, -0.25) is 4.79 Å². The molecule has 1 fully saturated rings. The van der Waals surface area contributed by atoms with Crippen LogP contribution in [0.15, 0.2) is 54.6 Å². The van der Waals surface area contributed by atoms with E-state index >= 15 is 0 Å². The fraction of sp³-hybridized carbons (Fsp3) is 0.391. The molecule has 1 atom stereocenters. The number of likely N-dealkylation sites (tertiary alicyclic amines) is 1. The Bertz CT molecular complexity index is 934. The summed E-state index contributed by atoms with van der Waals surface area (Å²) < 4.78 is 2.21. The summed E-state index contributed by atoms with van der Waals surface area (Å²) in [6.45, 7) is 4.44. The molecule has 0 aliphatic carbocycles. The van der Waals surface area contributed by atoms with Crippen molar-refractivity contribution in [2.24, 2.45) is 0 Å². The van der Waals surface area contributed by atoms with Crippen molar-refractivity contribution in [3.8, 4) is 0 Å². The van der Waals surface area contributed by atoms with Crippen LogP contribution in [0.3, 0.4) is 0 Å². The minimum absolute atomic E-state index is 0.236. The average Bonchev–Trinajstić information content (AvgIpc) is 3.10. The predicted octanol–water partition coefficient (Wildman–Crippen LogP) is 4.09. The van der Waals surface area contributed by atoms with E-state index in [0.29, 0.717) is 19.0 Å². The van der Waals surface area contributed by atoms with Gasteiger partial charge in [0.15, 0.2) is 0 Å². The average molecular weight is 377 g/mol. The van der Waals surface area contributed by atoms with Gasteiger partial charge in [-0.1, -0.05) is 37.3 Å². The lowest BCUT2D eigenvalue weighted by Crippen LogP contribution is -2.45. The number of nitrogens with one attached hydrogen (secondary N) is 1. The first-order valence-electron chi connectivity index (χ1n) is 10.3. The van der Waals surface area contributed by atoms with Crippen LogP contribution in [-0.2, 0) is 17.8 Å². The summed E-state index contributed by atoms with van der Waals surface area (Å²) in [5, 5.41) is 3.57. The fourth-order valence-corrected chi connectivity index (χ4v) is 4.10. The first-order valence-corrected chi connectivity index (χ1v) is 10.3. The van der Waals surface area contributed by atoms with Crippen LogP contribution in [0.25, 0.3) is 11.0 Å². The molecule has 2 aromatic carbocycles. The van der Waals surface area contributed by atoms with Crippen molar-refractivity contribution >= 4 is 22.6 Å². The highest BCUT2D eigenvalue weighted by molar-refractivity contribution is 5.78. The number of hydrogen-bond donors (Lipinski definition) is 1. The van der Waals surface area contributed by atoms with E-state index in [1.165, 1.54) is 0 Å². The normalized spacial score (nSPS) is 17.0. The smallest absolute Gasteiger partial charge is 0.224 e. The van der Waals surface area contributed by atoms with Crippen molar-refractivity contribution in [3.63, 3.8) is 0 Å². The summed E-state index contributed by atoms with van der Waals surface area (Å²) >= 11 is 0. The number of fused-ring (bicyclic) bond motifs is 1. The molecule has 4 rings (SSSR count). The summed E-state index contributed by atoms with van der Waals surface area (Å²) in [5.41, 5.74) is 3.26. The van der Waals surface area contributed by atoms with Gasteiger partial charge < -0.3 is 14.8 Å². The van der Waals surface area contributed by atoms with Crippen LogP contribution >= 0.6 is 0 Å². The summed E-state index contributed by atoms with van der Waals surface area (Å²) in [4.78, 5) is 19.6. The molecule has 5 nitrogen and oxygen atoms in total. The zero-order valence-electron chi connectivity index (χ0n) is 16.5. The molecule has 146 valence electrons. The maximum atomic E-state index is 12.9. The molecule has 5 heteroatoms. The van der Waals surface area contributed by atoms with Gasteiger partial charge >= 0.3 is 0 Å². The Morgan fingerprint density at radius 1 is 1.14 bits per heavy atom. The van der Waals surface area contributed by atoms with E-state index in [9.17, 15) is 4.79 Å². The van der Waals surface area contributed by atoms with Crippen LogP contribution < -0.4 is 5.32 Å². The maximum Gasteiger partial charge on any atom is 0.224 e. The van der Waals surface area contributed by atoms with E-state index in [0.717, 1.165) is 54.9 Å². The number of benzene rings is 2. The fourth-order valence-electron chi connectivity index (χ4n) is 4.10. The van der Waals surface area contributed by atoms with Crippen LogP contribution in [0.4, 0.5) is 5.69 Å². The van der Waals surface area contributed by atoms with Gasteiger partial charge in [-0.25, -0.2) is 4.98 Å². The van der Waals surface area contributed by atoms with E-state index in [-0.39, 0.29) is 5.91 Å². The molecule has 1 amide bonds. The Morgan fingerprint density at radius 2 is 1.93 bits per heavy atom. The summed E-state index contributed by atoms with van der Waals surface area (Å²) in [6, 6.07) is 18.7. The lowest BCUT2D eigenvalue weighted by atomic mass is 10.0. The lowest BCUT2D eigenvalue weighted by molar-refractivity contribution is -0.132. The second-order valence-electron chi connectivity index (χ2n) is 7.46. The number of imidazole rings is 1. The molecular weight excluding hydrogens is 348 g/mol. The highest BCUT2D eigenvalue weighted by Gasteiger charge is 2.23. The Morgan fingerprint density at radius 3 is 2.75 bits per heavy atom. The number of aryl methyl sites for hydroxylation is 2. The number of anilines is 1. The van der Waals surface area contributed by atoms with Crippen molar-refractivity contribution in [1.82, 2.24) is 14.5 Å². The SMILES string of the molecule is CCc1nc2ccccc2n1CCC(=O)N1CCCC(Nc2ccccc2)C1. The first-order chi connectivity index (χ1) is 13.7. The predicted molar refractivity (Wildman–Crippen MR) is 113 cm³/mol. The quantitative estimate of drug-likeness (QED) is 0.705. The number of nitrogens with zero attached hydrogens (tertiary/aromatic N) is 3. The standard InChI is InChI=1S/C23H28N4O/c1-2-22-25-20-12-6-7-13-21(20)27(22)16-14-23(28)26-15-8-11-19(17-26)24-18-9-4-3-5-10-18/h3-7,9-10,12-13,19,24H,2,8,11,14-17H2,1H3. The van der Waals surface area contributed by atoms with Crippen molar-refractivity contribution in [1.29, 1.82) is 0 Å². The highest BCUT2D eigenvalue weighted by Crippen LogP contribution is 2.19. The third kappa shape index (κ3) is 4.03. The van der Waals surface area contributed by atoms with Crippen molar-refractivity contribution in [2.75, 3.05) is 18.4 Å². The molecule has 0 bridgehead atoms. The van der Waals surface area contributed by atoms with Gasteiger partial charge in [0.25, 0.3) is 0 Å². The first kappa shape index (κ1) is 18.5. The number of hydrogen-bond acceptors (Lipinski definition) is 3. The second-order valence-corrected chi connectivity index (χ2v) is 7.46. The number of rotatable bonds is 6. The molecule has 1 aliphatic rings. The Labute approximate surface area is 166 Å². The zero-order chi connectivity index (χ0) is 19.3.